The topological polar surface area (TPSA) is 75.1 Å². The Bertz CT molecular complexity index is 187. The van der Waals surface area contributed by atoms with E-state index in [4.69, 9.17) is 10.3 Å². The fourth-order valence-electron chi connectivity index (χ4n) is 0.797. The summed E-state index contributed by atoms with van der Waals surface area (Å²) < 4.78 is 4.71. The van der Waals surface area contributed by atoms with E-state index in [-0.39, 0.29) is 0 Å². The predicted molar refractivity (Wildman–Crippen MR) is 44.5 cm³/mol. The van der Waals surface area contributed by atoms with Gasteiger partial charge in [0, 0.05) is 4.91 Å². The fourth-order valence-corrected chi connectivity index (χ4v) is 0.797. The van der Waals surface area contributed by atoms with Crippen LogP contribution >= 0.6 is 0 Å². The molecule has 0 aliphatic carbocycles. The fraction of sp³-hybridized carbons (Fsp3) is 0.857. The van der Waals surface area contributed by atoms with Crippen LogP contribution in [0.5, 0.6) is 0 Å². The smallest absolute Gasteiger partial charge is 0.314 e. The van der Waals surface area contributed by atoms with E-state index in [1.807, 2.05) is 6.92 Å². The van der Waals surface area contributed by atoms with Crippen molar-refractivity contribution in [2.24, 2.45) is 5.11 Å². The van der Waals surface area contributed by atoms with E-state index in [0.717, 1.165) is 6.42 Å². The molecule has 0 N–H and O–H groups in total. The van der Waals surface area contributed by atoms with Gasteiger partial charge in [-0.25, -0.2) is 0 Å². The van der Waals surface area contributed by atoms with Crippen LogP contribution in [0.25, 0.3) is 10.4 Å². The van der Waals surface area contributed by atoms with Crippen LogP contribution in [-0.2, 0) is 9.53 Å². The van der Waals surface area contributed by atoms with E-state index in [2.05, 4.69) is 10.0 Å². The van der Waals surface area contributed by atoms with E-state index < -0.39 is 12.0 Å². The largest absolute Gasteiger partial charge is 0.466 e. The third kappa shape index (κ3) is 3.83. The van der Waals surface area contributed by atoms with Crippen molar-refractivity contribution in [3.05, 3.63) is 10.4 Å². The van der Waals surface area contributed by atoms with Gasteiger partial charge in [-0.15, -0.1) is 0 Å². The lowest BCUT2D eigenvalue weighted by atomic mass is 10.2. The van der Waals surface area contributed by atoms with E-state index in [0.29, 0.717) is 13.0 Å². The molecule has 0 aromatic carbocycles. The second-order valence-electron chi connectivity index (χ2n) is 2.26. The van der Waals surface area contributed by atoms with Crippen LogP contribution in [-0.4, -0.2) is 18.6 Å². The summed E-state index contributed by atoms with van der Waals surface area (Å²) in [5.74, 6) is -0.433. The summed E-state index contributed by atoms with van der Waals surface area (Å²) in [6.45, 7) is 3.95. The quantitative estimate of drug-likeness (QED) is 0.274. The summed E-state index contributed by atoms with van der Waals surface area (Å²) >= 11 is 0. The monoisotopic (exact) mass is 171 g/mol. The lowest BCUT2D eigenvalue weighted by Crippen LogP contribution is -2.20. The van der Waals surface area contributed by atoms with Gasteiger partial charge in [0.05, 0.1) is 6.61 Å². The van der Waals surface area contributed by atoms with Gasteiger partial charge in [-0.05, 0) is 18.9 Å². The molecule has 0 aromatic rings. The van der Waals surface area contributed by atoms with Gasteiger partial charge in [0.15, 0.2) is 0 Å². The molecular formula is C7H13N3O2. The number of ether oxygens (including phenoxy) is 1. The van der Waals surface area contributed by atoms with Crippen LogP contribution in [0.2, 0.25) is 0 Å². The minimum absolute atomic E-state index is 0.319. The normalized spacial score (nSPS) is 11.5. The Hall–Kier alpha value is -1.22. The summed E-state index contributed by atoms with van der Waals surface area (Å²) in [4.78, 5) is 13.6. The average Bonchev–Trinajstić information content (AvgIpc) is 2.04. The van der Waals surface area contributed by atoms with E-state index in [9.17, 15) is 4.79 Å². The van der Waals surface area contributed by atoms with Crippen molar-refractivity contribution in [1.82, 2.24) is 0 Å². The Morgan fingerprint density at radius 2 is 2.33 bits per heavy atom. The number of hydrogen-bond donors (Lipinski definition) is 0. The van der Waals surface area contributed by atoms with Crippen molar-refractivity contribution < 1.29 is 9.53 Å². The van der Waals surface area contributed by atoms with Crippen LogP contribution < -0.4 is 0 Å². The van der Waals surface area contributed by atoms with Crippen molar-refractivity contribution in [3.8, 4) is 0 Å². The van der Waals surface area contributed by atoms with Crippen LogP contribution in [0, 0.1) is 0 Å². The minimum atomic E-state index is -0.653. The van der Waals surface area contributed by atoms with Gasteiger partial charge >= 0.3 is 5.97 Å². The summed E-state index contributed by atoms with van der Waals surface area (Å²) in [6.07, 6.45) is 1.34. The molecule has 0 heterocycles. The number of hydrogen-bond acceptors (Lipinski definition) is 3. The van der Waals surface area contributed by atoms with E-state index in [1.165, 1.54) is 0 Å². The molecule has 12 heavy (non-hydrogen) atoms. The second kappa shape index (κ2) is 6.49. The van der Waals surface area contributed by atoms with Crippen LogP contribution in [0.4, 0.5) is 0 Å². The summed E-state index contributed by atoms with van der Waals surface area (Å²) in [5, 5.41) is 3.34. The number of esters is 1. The molecule has 0 spiro atoms. The van der Waals surface area contributed by atoms with Gasteiger partial charge in [-0.3, -0.25) is 4.79 Å². The molecule has 5 nitrogen and oxygen atoms in total. The minimum Gasteiger partial charge on any atom is -0.466 e. The van der Waals surface area contributed by atoms with E-state index in [1.54, 1.807) is 6.92 Å². The lowest BCUT2D eigenvalue weighted by molar-refractivity contribution is -0.144. The number of azide groups is 1. The zero-order valence-corrected chi connectivity index (χ0v) is 7.36. The zero-order chi connectivity index (χ0) is 9.40. The van der Waals surface area contributed by atoms with Crippen molar-refractivity contribution in [2.75, 3.05) is 6.61 Å². The molecule has 68 valence electrons. The molecule has 0 saturated carbocycles. The SMILES string of the molecule is CCCC(N=[N+]=[N-])C(=O)OCC. The van der Waals surface area contributed by atoms with Crippen LogP contribution in [0.15, 0.2) is 5.11 Å². The first-order chi connectivity index (χ1) is 5.76. The molecule has 1 atom stereocenters. The van der Waals surface area contributed by atoms with Crippen molar-refractivity contribution >= 4 is 5.97 Å². The molecule has 0 amide bonds. The molecule has 0 rings (SSSR count). The summed E-state index contributed by atoms with van der Waals surface area (Å²) in [7, 11) is 0. The van der Waals surface area contributed by atoms with Gasteiger partial charge in [0.1, 0.15) is 6.04 Å². The number of nitrogens with zero attached hydrogens (tertiary/aromatic N) is 3. The van der Waals surface area contributed by atoms with Crippen LogP contribution in [0.3, 0.4) is 0 Å². The van der Waals surface area contributed by atoms with Gasteiger partial charge in [0.25, 0.3) is 0 Å². The first-order valence-electron chi connectivity index (χ1n) is 3.97. The second-order valence-corrected chi connectivity index (χ2v) is 2.26. The maximum Gasteiger partial charge on any atom is 0.314 e. The molecule has 0 saturated heterocycles. The van der Waals surface area contributed by atoms with E-state index >= 15 is 0 Å². The van der Waals surface area contributed by atoms with Gasteiger partial charge in [-0.2, -0.15) is 0 Å². The van der Waals surface area contributed by atoms with Crippen molar-refractivity contribution in [2.45, 2.75) is 32.7 Å². The lowest BCUT2D eigenvalue weighted by Gasteiger charge is -2.07. The third-order valence-electron chi connectivity index (χ3n) is 1.31. The highest BCUT2D eigenvalue weighted by atomic mass is 16.5. The average molecular weight is 171 g/mol. The molecule has 0 bridgehead atoms. The molecule has 0 radical (unpaired) electrons. The molecule has 0 aliphatic heterocycles. The molecule has 0 aliphatic rings. The zero-order valence-electron chi connectivity index (χ0n) is 7.36. The standard InChI is InChI=1S/C7H13N3O2/c1-3-5-6(9-10-8)7(11)12-4-2/h6H,3-5H2,1-2H3. The molecule has 0 aromatic heterocycles. The highest BCUT2D eigenvalue weighted by Gasteiger charge is 2.16. The van der Waals surface area contributed by atoms with Gasteiger partial charge in [0.2, 0.25) is 0 Å². The Kier molecular flexibility index (Phi) is 5.83. The van der Waals surface area contributed by atoms with Gasteiger partial charge in [-0.1, -0.05) is 18.5 Å². The molecular weight excluding hydrogens is 158 g/mol. The van der Waals surface area contributed by atoms with Gasteiger partial charge < -0.3 is 4.74 Å². The summed E-state index contributed by atoms with van der Waals surface area (Å²) in [6, 6.07) is -0.653. The number of carbonyl (C=O) groups excluding carboxylic acids is 1. The molecule has 0 fully saturated rings. The maximum absolute atomic E-state index is 11.0. The Morgan fingerprint density at radius 3 is 2.75 bits per heavy atom. The van der Waals surface area contributed by atoms with Crippen molar-refractivity contribution in [1.29, 1.82) is 0 Å². The number of rotatable bonds is 5. The molecule has 1 unspecified atom stereocenters. The highest BCUT2D eigenvalue weighted by molar-refractivity contribution is 5.75. The predicted octanol–water partition coefficient (Wildman–Crippen LogP) is 2.03. The first kappa shape index (κ1) is 10.8. The third-order valence-corrected chi connectivity index (χ3v) is 1.31. The number of carbonyl (C=O) groups is 1. The van der Waals surface area contributed by atoms with Crippen molar-refractivity contribution in [3.63, 3.8) is 0 Å². The Labute approximate surface area is 71.3 Å². The molecule has 5 heteroatoms. The maximum atomic E-state index is 11.0. The van der Waals surface area contributed by atoms with Crippen LogP contribution in [0.1, 0.15) is 26.7 Å². The first-order valence-corrected chi connectivity index (χ1v) is 3.97. The Morgan fingerprint density at radius 1 is 1.67 bits per heavy atom. The highest BCUT2D eigenvalue weighted by Crippen LogP contribution is 2.04. The Balaban J connectivity index is 4.08. The summed E-state index contributed by atoms with van der Waals surface area (Å²) in [5.41, 5.74) is 8.13.